The van der Waals surface area contributed by atoms with E-state index in [0.717, 1.165) is 3.57 Å². The third kappa shape index (κ3) is 4.45. The zero-order valence-corrected chi connectivity index (χ0v) is 12.9. The van der Waals surface area contributed by atoms with Gasteiger partial charge < -0.3 is 5.32 Å². The molecule has 1 aromatic rings. The van der Waals surface area contributed by atoms with Crippen LogP contribution in [0.2, 0.25) is 0 Å². The maximum atomic E-state index is 11.6. The molecule has 0 fully saturated rings. The van der Waals surface area contributed by atoms with E-state index in [-0.39, 0.29) is 5.91 Å². The van der Waals surface area contributed by atoms with Gasteiger partial charge in [0.1, 0.15) is 0 Å². The molecule has 0 aromatic heterocycles. The smallest absolute Gasteiger partial charge is 0.252 e. The zero-order valence-electron chi connectivity index (χ0n) is 7.68. The average molecular weight is 413 g/mol. The standard InChI is InChI=1S/C9H6Cl4INO/c10-8(9(11,12)13)15-7(16)5-1-3-6(14)4-2-5/h1-4,8H,(H,15,16). The maximum Gasteiger partial charge on any atom is 0.252 e. The number of carbonyl (C=O) groups excluding carboxylic acids is 1. The highest BCUT2D eigenvalue weighted by atomic mass is 127. The second-order valence-electron chi connectivity index (χ2n) is 2.88. The number of benzene rings is 1. The van der Waals surface area contributed by atoms with E-state index in [0.29, 0.717) is 5.56 Å². The quantitative estimate of drug-likeness (QED) is 0.445. The number of rotatable bonds is 2. The summed E-state index contributed by atoms with van der Waals surface area (Å²) >= 11 is 24.4. The van der Waals surface area contributed by atoms with Gasteiger partial charge in [-0.3, -0.25) is 4.79 Å². The Labute approximate surface area is 127 Å². The van der Waals surface area contributed by atoms with Gasteiger partial charge in [0.05, 0.1) is 0 Å². The molecular formula is C9H6Cl4INO. The molecule has 0 spiro atoms. The highest BCUT2D eigenvalue weighted by molar-refractivity contribution is 14.1. The molecule has 0 saturated heterocycles. The van der Waals surface area contributed by atoms with Gasteiger partial charge in [-0.1, -0.05) is 46.4 Å². The molecule has 0 bridgehead atoms. The van der Waals surface area contributed by atoms with Crippen molar-refractivity contribution in [3.63, 3.8) is 0 Å². The van der Waals surface area contributed by atoms with E-state index in [4.69, 9.17) is 46.4 Å². The van der Waals surface area contributed by atoms with Crippen molar-refractivity contribution in [1.82, 2.24) is 5.32 Å². The molecule has 1 atom stereocenters. The van der Waals surface area contributed by atoms with E-state index < -0.39 is 9.29 Å². The minimum absolute atomic E-state index is 0.386. The largest absolute Gasteiger partial charge is 0.332 e. The Morgan fingerprint density at radius 1 is 1.25 bits per heavy atom. The van der Waals surface area contributed by atoms with Crippen molar-refractivity contribution in [2.24, 2.45) is 0 Å². The summed E-state index contributed by atoms with van der Waals surface area (Å²) in [6, 6.07) is 6.93. The number of amides is 1. The summed E-state index contributed by atoms with van der Waals surface area (Å²) in [6.45, 7) is 0. The first kappa shape index (κ1) is 14.6. The Kier molecular flexibility index (Phi) is 5.45. The summed E-state index contributed by atoms with van der Waals surface area (Å²) in [5, 5.41) is 2.38. The lowest BCUT2D eigenvalue weighted by molar-refractivity contribution is 0.0949. The number of hydrogen-bond donors (Lipinski definition) is 1. The van der Waals surface area contributed by atoms with Crippen LogP contribution in [0.3, 0.4) is 0 Å². The van der Waals surface area contributed by atoms with Gasteiger partial charge in [0.15, 0.2) is 5.50 Å². The first-order valence-electron chi connectivity index (χ1n) is 4.08. The molecule has 0 aliphatic heterocycles. The average Bonchev–Trinajstić information content (AvgIpc) is 2.17. The third-order valence-corrected chi connectivity index (χ3v) is 3.80. The van der Waals surface area contributed by atoms with Gasteiger partial charge in [0.25, 0.3) is 5.91 Å². The second-order valence-corrected chi connectivity index (χ2v) is 6.94. The number of nitrogens with one attached hydrogen (secondary N) is 1. The first-order valence-corrected chi connectivity index (χ1v) is 6.73. The Morgan fingerprint density at radius 3 is 2.19 bits per heavy atom. The van der Waals surface area contributed by atoms with Crippen molar-refractivity contribution in [2.75, 3.05) is 0 Å². The molecule has 0 heterocycles. The molecule has 0 saturated carbocycles. The Balaban J connectivity index is 2.70. The zero-order chi connectivity index (χ0) is 12.3. The summed E-state index contributed by atoms with van der Waals surface area (Å²) in [4.78, 5) is 11.6. The van der Waals surface area contributed by atoms with E-state index in [1.165, 1.54) is 0 Å². The fourth-order valence-corrected chi connectivity index (χ4v) is 1.50. The van der Waals surface area contributed by atoms with E-state index in [1.807, 2.05) is 0 Å². The first-order chi connectivity index (χ1) is 7.30. The molecule has 1 N–H and O–H groups in total. The van der Waals surface area contributed by atoms with Crippen LogP contribution in [-0.2, 0) is 0 Å². The minimum Gasteiger partial charge on any atom is -0.332 e. The monoisotopic (exact) mass is 411 g/mol. The number of carbonyl (C=O) groups is 1. The molecule has 0 radical (unpaired) electrons. The molecule has 16 heavy (non-hydrogen) atoms. The van der Waals surface area contributed by atoms with E-state index in [2.05, 4.69) is 27.9 Å². The fraction of sp³-hybridized carbons (Fsp3) is 0.222. The van der Waals surface area contributed by atoms with Crippen molar-refractivity contribution in [3.05, 3.63) is 33.4 Å². The lowest BCUT2D eigenvalue weighted by Gasteiger charge is -2.19. The Bertz CT molecular complexity index is 376. The van der Waals surface area contributed by atoms with Gasteiger partial charge in [0, 0.05) is 9.13 Å². The molecule has 88 valence electrons. The number of hydrogen-bond acceptors (Lipinski definition) is 1. The molecule has 2 nitrogen and oxygen atoms in total. The van der Waals surface area contributed by atoms with Crippen LogP contribution >= 0.6 is 69.0 Å². The SMILES string of the molecule is O=C(NC(Cl)C(Cl)(Cl)Cl)c1ccc(I)cc1. The van der Waals surface area contributed by atoms with Crippen LogP contribution in [0.25, 0.3) is 0 Å². The molecule has 0 aliphatic rings. The molecule has 0 aliphatic carbocycles. The van der Waals surface area contributed by atoms with Gasteiger partial charge in [-0.25, -0.2) is 0 Å². The Morgan fingerprint density at radius 2 is 1.75 bits per heavy atom. The van der Waals surface area contributed by atoms with Crippen LogP contribution in [-0.4, -0.2) is 15.2 Å². The number of alkyl halides is 4. The van der Waals surface area contributed by atoms with Crippen LogP contribution in [0.15, 0.2) is 24.3 Å². The normalized spacial score (nSPS) is 13.3. The van der Waals surface area contributed by atoms with E-state index >= 15 is 0 Å². The summed E-state index contributed by atoms with van der Waals surface area (Å²) < 4.78 is -0.710. The fourth-order valence-electron chi connectivity index (χ4n) is 0.882. The minimum atomic E-state index is -1.74. The van der Waals surface area contributed by atoms with Crippen molar-refractivity contribution < 1.29 is 4.79 Å². The predicted octanol–water partition coefficient (Wildman–Crippen LogP) is 3.96. The van der Waals surface area contributed by atoms with Crippen molar-refractivity contribution >= 4 is 74.9 Å². The topological polar surface area (TPSA) is 29.1 Å². The van der Waals surface area contributed by atoms with Crippen LogP contribution in [0.5, 0.6) is 0 Å². The molecule has 1 aromatic carbocycles. The van der Waals surface area contributed by atoms with Gasteiger partial charge in [-0.2, -0.15) is 0 Å². The van der Waals surface area contributed by atoms with Crippen LogP contribution in [0.4, 0.5) is 0 Å². The highest BCUT2D eigenvalue weighted by Gasteiger charge is 2.32. The van der Waals surface area contributed by atoms with E-state index in [1.54, 1.807) is 24.3 Å². The molecule has 1 unspecified atom stereocenters. The summed E-state index contributed by atoms with van der Waals surface area (Å²) in [6.07, 6.45) is 0. The lowest BCUT2D eigenvalue weighted by atomic mass is 10.2. The van der Waals surface area contributed by atoms with Crippen LogP contribution in [0.1, 0.15) is 10.4 Å². The third-order valence-electron chi connectivity index (χ3n) is 1.65. The number of halogens is 5. The Hall–Kier alpha value is 0.580. The maximum absolute atomic E-state index is 11.6. The molecule has 7 heteroatoms. The van der Waals surface area contributed by atoms with Gasteiger partial charge in [0.2, 0.25) is 3.79 Å². The van der Waals surface area contributed by atoms with Crippen molar-refractivity contribution in [2.45, 2.75) is 9.29 Å². The summed E-state index contributed by atoms with van der Waals surface area (Å²) in [5.41, 5.74) is -0.621. The van der Waals surface area contributed by atoms with Crippen LogP contribution in [0, 0.1) is 3.57 Å². The van der Waals surface area contributed by atoms with Gasteiger partial charge >= 0.3 is 0 Å². The van der Waals surface area contributed by atoms with Gasteiger partial charge in [-0.15, -0.1) is 0 Å². The molecule has 1 rings (SSSR count). The van der Waals surface area contributed by atoms with Crippen molar-refractivity contribution in [3.8, 4) is 0 Å². The summed E-state index contributed by atoms with van der Waals surface area (Å²) in [7, 11) is 0. The van der Waals surface area contributed by atoms with Crippen molar-refractivity contribution in [1.29, 1.82) is 0 Å². The summed E-state index contributed by atoms with van der Waals surface area (Å²) in [5.74, 6) is -0.386. The highest BCUT2D eigenvalue weighted by Crippen LogP contribution is 2.32. The predicted molar refractivity (Wildman–Crippen MR) is 76.6 cm³/mol. The second kappa shape index (κ2) is 5.96. The van der Waals surface area contributed by atoms with Crippen LogP contribution < -0.4 is 5.32 Å². The van der Waals surface area contributed by atoms with E-state index in [9.17, 15) is 4.79 Å². The lowest BCUT2D eigenvalue weighted by Crippen LogP contribution is -2.39. The molecular weight excluding hydrogens is 407 g/mol. The van der Waals surface area contributed by atoms with Gasteiger partial charge in [-0.05, 0) is 46.9 Å². The molecule has 1 amide bonds.